The molecule has 40 heavy (non-hydrogen) atoms. The SMILES string of the molecule is Cc1ccc(OC(=O)C2(C(C(O)C(N)=O)N3CC4CN(C(=O)c5c(C)cccc5C)CC4C3)CCCC2)cc1Cl. The molecule has 0 aromatic heterocycles. The monoisotopic (exact) mass is 567 g/mol. The van der Waals surface area contributed by atoms with Gasteiger partial charge in [0.2, 0.25) is 5.91 Å². The molecule has 9 heteroatoms. The molecule has 0 radical (unpaired) electrons. The quantitative estimate of drug-likeness (QED) is 0.390. The number of benzene rings is 2. The van der Waals surface area contributed by atoms with Crippen LogP contribution in [0.3, 0.4) is 0 Å². The summed E-state index contributed by atoms with van der Waals surface area (Å²) in [7, 11) is 0. The molecule has 2 heterocycles. The van der Waals surface area contributed by atoms with E-state index in [0.29, 0.717) is 49.8 Å². The van der Waals surface area contributed by atoms with E-state index in [2.05, 4.69) is 4.90 Å². The minimum Gasteiger partial charge on any atom is -0.426 e. The van der Waals surface area contributed by atoms with Crippen LogP contribution in [0.1, 0.15) is 52.7 Å². The maximum absolute atomic E-state index is 13.9. The average molecular weight is 568 g/mol. The lowest BCUT2D eigenvalue weighted by atomic mass is 9.74. The van der Waals surface area contributed by atoms with Crippen molar-refractivity contribution in [1.29, 1.82) is 0 Å². The molecule has 1 aliphatic carbocycles. The normalized spacial score (nSPS) is 23.6. The van der Waals surface area contributed by atoms with Crippen LogP contribution in [0.2, 0.25) is 5.02 Å². The van der Waals surface area contributed by atoms with E-state index in [4.69, 9.17) is 22.1 Å². The van der Waals surface area contributed by atoms with Gasteiger partial charge in [-0.15, -0.1) is 0 Å². The number of nitrogens with zero attached hydrogens (tertiary/aromatic N) is 2. The smallest absolute Gasteiger partial charge is 0.319 e. The first-order chi connectivity index (χ1) is 19.0. The first-order valence-electron chi connectivity index (χ1n) is 14.1. The van der Waals surface area contributed by atoms with Gasteiger partial charge in [-0.3, -0.25) is 19.3 Å². The third kappa shape index (κ3) is 5.13. The van der Waals surface area contributed by atoms with E-state index >= 15 is 0 Å². The number of halogens is 1. The number of aryl methyl sites for hydroxylation is 3. The van der Waals surface area contributed by atoms with E-state index in [1.807, 2.05) is 43.9 Å². The number of aliphatic hydroxyl groups excluding tert-OH is 1. The Balaban J connectivity index is 1.37. The summed E-state index contributed by atoms with van der Waals surface area (Å²) in [5.74, 6) is -0.621. The Kier molecular flexibility index (Phi) is 7.97. The molecule has 2 aliphatic heterocycles. The maximum Gasteiger partial charge on any atom is 0.319 e. The molecule has 3 fully saturated rings. The number of primary amides is 1. The highest BCUT2D eigenvalue weighted by atomic mass is 35.5. The standard InChI is InChI=1S/C31H38ClN3O5/c1-18-9-10-23(13-24(18)32)40-30(39)31(11-4-5-12-31)27(26(36)28(33)37)34-14-21-16-35(17-22(21)15-34)29(38)25-19(2)7-6-8-20(25)3/h6-10,13,21-22,26-27,36H,4-5,11-12,14-17H2,1-3H3,(H2,33,37). The molecular formula is C31H38ClN3O5. The second-order valence-corrected chi connectivity index (χ2v) is 12.3. The zero-order chi connectivity index (χ0) is 28.8. The van der Waals surface area contributed by atoms with Crippen LogP contribution in [0.25, 0.3) is 0 Å². The zero-order valence-corrected chi connectivity index (χ0v) is 24.1. The Labute approximate surface area is 240 Å². The summed E-state index contributed by atoms with van der Waals surface area (Å²) in [5, 5.41) is 11.7. The fourth-order valence-electron chi connectivity index (χ4n) is 7.21. The van der Waals surface area contributed by atoms with Crippen molar-refractivity contribution in [2.24, 2.45) is 23.0 Å². The van der Waals surface area contributed by atoms with Gasteiger partial charge in [-0.1, -0.05) is 48.7 Å². The molecule has 2 aromatic rings. The summed E-state index contributed by atoms with van der Waals surface area (Å²) in [6.07, 6.45) is 1.01. The minimum absolute atomic E-state index is 0.0397. The third-order valence-corrected chi connectivity index (χ3v) is 9.71. The highest BCUT2D eigenvalue weighted by Crippen LogP contribution is 2.48. The van der Waals surface area contributed by atoms with E-state index in [9.17, 15) is 19.5 Å². The highest BCUT2D eigenvalue weighted by Gasteiger charge is 2.57. The van der Waals surface area contributed by atoms with Gasteiger partial charge in [0, 0.05) is 36.8 Å². The van der Waals surface area contributed by atoms with Gasteiger partial charge < -0.3 is 20.5 Å². The topological polar surface area (TPSA) is 113 Å². The molecule has 0 bridgehead atoms. The first kappa shape index (κ1) is 28.6. The van der Waals surface area contributed by atoms with Crippen LogP contribution >= 0.6 is 11.6 Å². The average Bonchev–Trinajstić information content (AvgIpc) is 3.62. The van der Waals surface area contributed by atoms with Gasteiger partial charge in [-0.2, -0.15) is 0 Å². The second kappa shape index (κ2) is 11.1. The molecule has 4 atom stereocenters. The number of carbonyl (C=O) groups excluding carboxylic acids is 3. The molecule has 2 amide bonds. The second-order valence-electron chi connectivity index (χ2n) is 11.9. The van der Waals surface area contributed by atoms with Crippen LogP contribution in [0.5, 0.6) is 5.75 Å². The van der Waals surface area contributed by atoms with Crippen molar-refractivity contribution in [2.45, 2.75) is 58.6 Å². The molecule has 4 unspecified atom stereocenters. The Morgan fingerprint density at radius 2 is 1.57 bits per heavy atom. The molecular weight excluding hydrogens is 530 g/mol. The summed E-state index contributed by atoms with van der Waals surface area (Å²) in [4.78, 5) is 43.7. The van der Waals surface area contributed by atoms with Crippen molar-refractivity contribution in [1.82, 2.24) is 9.80 Å². The number of hydrogen-bond donors (Lipinski definition) is 2. The summed E-state index contributed by atoms with van der Waals surface area (Å²) in [6.45, 7) is 8.08. The Hall–Kier alpha value is -2.94. The van der Waals surface area contributed by atoms with Crippen LogP contribution < -0.4 is 10.5 Å². The van der Waals surface area contributed by atoms with Crippen molar-refractivity contribution in [2.75, 3.05) is 26.2 Å². The Morgan fingerprint density at radius 3 is 2.12 bits per heavy atom. The van der Waals surface area contributed by atoms with E-state index in [0.717, 1.165) is 35.1 Å². The zero-order valence-electron chi connectivity index (χ0n) is 23.4. The lowest BCUT2D eigenvalue weighted by Crippen LogP contribution is -2.60. The van der Waals surface area contributed by atoms with E-state index in [1.165, 1.54) is 0 Å². The number of rotatable bonds is 7. The number of esters is 1. The van der Waals surface area contributed by atoms with Gasteiger partial charge in [0.05, 0.1) is 11.5 Å². The summed E-state index contributed by atoms with van der Waals surface area (Å²) < 4.78 is 5.86. The molecule has 214 valence electrons. The largest absolute Gasteiger partial charge is 0.426 e. The number of ether oxygens (including phenoxy) is 1. The first-order valence-corrected chi connectivity index (χ1v) is 14.4. The summed E-state index contributed by atoms with van der Waals surface area (Å²) >= 11 is 6.27. The third-order valence-electron chi connectivity index (χ3n) is 9.30. The number of aliphatic hydroxyl groups is 1. The van der Waals surface area contributed by atoms with Gasteiger partial charge in [0.25, 0.3) is 5.91 Å². The predicted molar refractivity (Wildman–Crippen MR) is 152 cm³/mol. The Morgan fingerprint density at radius 1 is 0.975 bits per heavy atom. The summed E-state index contributed by atoms with van der Waals surface area (Å²) in [6, 6.07) is 10.2. The minimum atomic E-state index is -1.53. The number of fused-ring (bicyclic) bond motifs is 1. The van der Waals surface area contributed by atoms with Crippen LogP contribution in [0.15, 0.2) is 36.4 Å². The summed E-state index contributed by atoms with van der Waals surface area (Å²) in [5.41, 5.74) is 8.12. The van der Waals surface area contributed by atoms with E-state index in [1.54, 1.807) is 18.2 Å². The number of amides is 2. The number of carbonyl (C=O) groups is 3. The molecule has 2 saturated heterocycles. The number of likely N-dealkylation sites (tertiary alicyclic amines) is 2. The maximum atomic E-state index is 13.9. The van der Waals surface area contributed by atoms with Gasteiger partial charge >= 0.3 is 5.97 Å². The Bertz CT molecular complexity index is 1290. The van der Waals surface area contributed by atoms with Gasteiger partial charge in [-0.25, -0.2) is 0 Å². The van der Waals surface area contributed by atoms with E-state index in [-0.39, 0.29) is 17.7 Å². The van der Waals surface area contributed by atoms with Crippen LogP contribution in [-0.2, 0) is 9.59 Å². The highest BCUT2D eigenvalue weighted by molar-refractivity contribution is 6.31. The molecule has 8 nitrogen and oxygen atoms in total. The van der Waals surface area contributed by atoms with Crippen molar-refractivity contribution in [3.05, 3.63) is 63.7 Å². The van der Waals surface area contributed by atoms with Gasteiger partial charge in [0.1, 0.15) is 11.9 Å². The van der Waals surface area contributed by atoms with Crippen LogP contribution in [0, 0.1) is 38.0 Å². The number of nitrogens with two attached hydrogens (primary N) is 1. The molecule has 0 spiro atoms. The lowest BCUT2D eigenvalue weighted by Gasteiger charge is -2.43. The van der Waals surface area contributed by atoms with Crippen molar-refractivity contribution in [3.63, 3.8) is 0 Å². The van der Waals surface area contributed by atoms with Gasteiger partial charge in [0.15, 0.2) is 0 Å². The van der Waals surface area contributed by atoms with Crippen molar-refractivity contribution >= 4 is 29.4 Å². The lowest BCUT2D eigenvalue weighted by molar-refractivity contribution is -0.156. The number of hydrogen-bond acceptors (Lipinski definition) is 6. The van der Waals surface area contributed by atoms with Crippen molar-refractivity contribution < 1.29 is 24.2 Å². The fourth-order valence-corrected chi connectivity index (χ4v) is 7.38. The van der Waals surface area contributed by atoms with Crippen LogP contribution in [-0.4, -0.2) is 71.0 Å². The molecule has 3 aliphatic rings. The predicted octanol–water partition coefficient (Wildman–Crippen LogP) is 3.65. The molecule has 1 saturated carbocycles. The molecule has 3 N–H and O–H groups in total. The van der Waals surface area contributed by atoms with Gasteiger partial charge in [-0.05, 0) is 74.3 Å². The molecule has 5 rings (SSSR count). The van der Waals surface area contributed by atoms with Crippen LogP contribution in [0.4, 0.5) is 0 Å². The van der Waals surface area contributed by atoms with E-state index < -0.39 is 29.4 Å². The van der Waals surface area contributed by atoms with Crippen molar-refractivity contribution in [3.8, 4) is 5.75 Å². The fraction of sp³-hybridized carbons (Fsp3) is 0.516. The molecule has 2 aromatic carbocycles.